The molecule has 0 bridgehead atoms. The third-order valence-electron chi connectivity index (χ3n) is 2.36. The summed E-state index contributed by atoms with van der Waals surface area (Å²) in [5, 5.41) is 9.31. The lowest BCUT2D eigenvalue weighted by atomic mass is 9.99. The van der Waals surface area contributed by atoms with E-state index in [1.165, 1.54) is 6.92 Å². The Morgan fingerprint density at radius 2 is 1.30 bits per heavy atom. The minimum absolute atomic E-state index is 0.278. The van der Waals surface area contributed by atoms with Crippen molar-refractivity contribution in [3.63, 3.8) is 0 Å². The highest BCUT2D eigenvalue weighted by atomic mass is 16.7. The molecule has 6 nitrogen and oxygen atoms in total. The van der Waals surface area contributed by atoms with E-state index in [2.05, 4.69) is 0 Å². The summed E-state index contributed by atoms with van der Waals surface area (Å²) >= 11 is 0. The Morgan fingerprint density at radius 3 is 1.55 bits per heavy atom. The predicted molar refractivity (Wildman–Crippen MR) is 73.5 cm³/mol. The van der Waals surface area contributed by atoms with Crippen molar-refractivity contribution in [1.82, 2.24) is 0 Å². The summed E-state index contributed by atoms with van der Waals surface area (Å²) in [7, 11) is 0. The highest BCUT2D eigenvalue weighted by Gasteiger charge is 2.48. The average molecular weight is 290 g/mol. The number of carbonyl (C=O) groups excluding carboxylic acids is 1. The van der Waals surface area contributed by atoms with Crippen molar-refractivity contribution in [2.45, 2.75) is 78.7 Å². The topological polar surface area (TPSA) is 82.1 Å². The van der Waals surface area contributed by atoms with Crippen LogP contribution in [-0.4, -0.2) is 47.1 Å². The summed E-state index contributed by atoms with van der Waals surface area (Å²) < 4.78 is 16.1. The van der Waals surface area contributed by atoms with Gasteiger partial charge in [-0.2, -0.15) is 0 Å². The average Bonchev–Trinajstić information content (AvgIpc) is 2.24. The van der Waals surface area contributed by atoms with E-state index in [0.717, 1.165) is 0 Å². The van der Waals surface area contributed by atoms with Gasteiger partial charge in [0.2, 0.25) is 17.7 Å². The number of rotatable bonds is 9. The predicted octanol–water partition coefficient (Wildman–Crippen LogP) is 2.00. The molecule has 0 spiro atoms. The van der Waals surface area contributed by atoms with Crippen LogP contribution in [0.3, 0.4) is 0 Å². The number of Topliss-reactive ketones (excluding diaryl/α,β-unsaturated/α-hetero) is 1. The largest absolute Gasteiger partial charge is 0.479 e. The van der Waals surface area contributed by atoms with Gasteiger partial charge in [0.25, 0.3) is 0 Å². The first-order valence-corrected chi connectivity index (χ1v) is 6.77. The molecule has 20 heavy (non-hydrogen) atoms. The van der Waals surface area contributed by atoms with E-state index in [4.69, 9.17) is 14.2 Å². The van der Waals surface area contributed by atoms with Crippen LogP contribution in [0.25, 0.3) is 0 Å². The van der Waals surface area contributed by atoms with Gasteiger partial charge < -0.3 is 19.3 Å². The summed E-state index contributed by atoms with van der Waals surface area (Å²) in [5.74, 6) is -2.11. The SMILES string of the molecule is CC(C)OC(OC(C)C)C(=O)C(C)(OC(C)C)C(=O)O. The van der Waals surface area contributed by atoms with Gasteiger partial charge in [-0.05, 0) is 48.5 Å². The van der Waals surface area contributed by atoms with E-state index in [0.29, 0.717) is 0 Å². The minimum Gasteiger partial charge on any atom is -0.479 e. The fraction of sp³-hybridized carbons (Fsp3) is 0.857. The summed E-state index contributed by atoms with van der Waals surface area (Å²) in [5.41, 5.74) is -2.00. The molecule has 0 aliphatic carbocycles. The van der Waals surface area contributed by atoms with E-state index in [9.17, 15) is 14.7 Å². The maximum atomic E-state index is 12.5. The molecule has 0 aromatic carbocycles. The van der Waals surface area contributed by atoms with E-state index >= 15 is 0 Å². The van der Waals surface area contributed by atoms with Gasteiger partial charge in [0, 0.05) is 0 Å². The molecule has 0 saturated heterocycles. The van der Waals surface area contributed by atoms with Gasteiger partial charge in [0.15, 0.2) is 0 Å². The van der Waals surface area contributed by atoms with E-state index in [-0.39, 0.29) is 12.2 Å². The fourth-order valence-corrected chi connectivity index (χ4v) is 1.56. The summed E-state index contributed by atoms with van der Waals surface area (Å²) in [6.45, 7) is 11.5. The molecule has 0 aromatic rings. The zero-order valence-corrected chi connectivity index (χ0v) is 13.3. The zero-order chi connectivity index (χ0) is 16.1. The van der Waals surface area contributed by atoms with E-state index in [1.807, 2.05) is 0 Å². The summed E-state index contributed by atoms with van der Waals surface area (Å²) in [6, 6.07) is 0. The Morgan fingerprint density at radius 1 is 0.900 bits per heavy atom. The molecule has 0 aliphatic heterocycles. The third kappa shape index (κ3) is 5.56. The van der Waals surface area contributed by atoms with Crippen LogP contribution in [0.5, 0.6) is 0 Å². The summed E-state index contributed by atoms with van der Waals surface area (Å²) in [4.78, 5) is 23.9. The van der Waals surface area contributed by atoms with Gasteiger partial charge in [-0.25, -0.2) is 4.79 Å². The Hall–Kier alpha value is -0.980. The maximum absolute atomic E-state index is 12.5. The van der Waals surface area contributed by atoms with Crippen molar-refractivity contribution >= 4 is 11.8 Å². The molecule has 0 radical (unpaired) electrons. The molecule has 118 valence electrons. The van der Waals surface area contributed by atoms with Gasteiger partial charge >= 0.3 is 5.97 Å². The molecule has 0 amide bonds. The first-order valence-electron chi connectivity index (χ1n) is 6.77. The lowest BCUT2D eigenvalue weighted by Gasteiger charge is -2.31. The number of ketones is 1. The molecular formula is C14H26O6. The molecular weight excluding hydrogens is 264 g/mol. The van der Waals surface area contributed by atoms with Crippen molar-refractivity contribution in [1.29, 1.82) is 0 Å². The van der Waals surface area contributed by atoms with Crippen LogP contribution in [0.2, 0.25) is 0 Å². The summed E-state index contributed by atoms with van der Waals surface area (Å²) in [6.07, 6.45) is -2.24. The number of carboxylic acids is 1. The standard InChI is InChI=1S/C14H26O6/c1-8(2)18-12(19-9(3)4)11(15)14(7,13(16)17)20-10(5)6/h8-10,12H,1-7H3,(H,16,17). The van der Waals surface area contributed by atoms with Gasteiger partial charge in [0.05, 0.1) is 18.3 Å². The van der Waals surface area contributed by atoms with Crippen LogP contribution >= 0.6 is 0 Å². The second kappa shape index (κ2) is 7.71. The Kier molecular flexibility index (Phi) is 7.33. The first-order chi connectivity index (χ1) is 9.00. The monoisotopic (exact) mass is 290 g/mol. The van der Waals surface area contributed by atoms with Crippen LogP contribution in [0.4, 0.5) is 0 Å². The maximum Gasteiger partial charge on any atom is 0.343 e. The van der Waals surface area contributed by atoms with Crippen LogP contribution in [0.1, 0.15) is 48.5 Å². The van der Waals surface area contributed by atoms with Crippen molar-refractivity contribution in [3.05, 3.63) is 0 Å². The first kappa shape index (κ1) is 19.0. The van der Waals surface area contributed by atoms with E-state index in [1.54, 1.807) is 41.5 Å². The van der Waals surface area contributed by atoms with Crippen molar-refractivity contribution < 1.29 is 28.9 Å². The van der Waals surface area contributed by atoms with Crippen molar-refractivity contribution in [2.24, 2.45) is 0 Å². The number of carbonyl (C=O) groups is 2. The second-order valence-corrected chi connectivity index (χ2v) is 5.57. The number of hydrogen-bond acceptors (Lipinski definition) is 5. The lowest BCUT2D eigenvalue weighted by molar-refractivity contribution is -0.213. The quantitative estimate of drug-likeness (QED) is 0.516. The molecule has 6 heteroatoms. The van der Waals surface area contributed by atoms with Gasteiger partial charge in [-0.15, -0.1) is 0 Å². The van der Waals surface area contributed by atoms with Crippen molar-refractivity contribution in [2.75, 3.05) is 0 Å². The highest BCUT2D eigenvalue weighted by molar-refractivity contribution is 6.07. The van der Waals surface area contributed by atoms with Crippen LogP contribution in [-0.2, 0) is 23.8 Å². The Labute approximate surface area is 120 Å². The molecule has 0 rings (SSSR count). The van der Waals surface area contributed by atoms with Gasteiger partial charge in [0.1, 0.15) is 0 Å². The zero-order valence-electron chi connectivity index (χ0n) is 13.3. The van der Waals surface area contributed by atoms with Crippen LogP contribution in [0, 0.1) is 0 Å². The molecule has 1 atom stereocenters. The highest BCUT2D eigenvalue weighted by Crippen LogP contribution is 2.21. The van der Waals surface area contributed by atoms with Gasteiger partial charge in [-0.3, -0.25) is 4.79 Å². The Balaban J connectivity index is 5.29. The van der Waals surface area contributed by atoms with Gasteiger partial charge in [-0.1, -0.05) is 0 Å². The van der Waals surface area contributed by atoms with E-state index < -0.39 is 29.7 Å². The molecule has 1 N–H and O–H groups in total. The molecule has 0 heterocycles. The smallest absolute Gasteiger partial charge is 0.343 e. The fourth-order valence-electron chi connectivity index (χ4n) is 1.56. The number of hydrogen-bond donors (Lipinski definition) is 1. The molecule has 1 unspecified atom stereocenters. The lowest BCUT2D eigenvalue weighted by Crippen LogP contribution is -2.54. The van der Waals surface area contributed by atoms with Crippen molar-refractivity contribution in [3.8, 4) is 0 Å². The second-order valence-electron chi connectivity index (χ2n) is 5.57. The third-order valence-corrected chi connectivity index (χ3v) is 2.36. The normalized spacial score (nSPS) is 15.2. The molecule has 0 aromatic heterocycles. The molecule has 0 saturated carbocycles. The number of carboxylic acid groups (broad SMARTS) is 1. The molecule has 0 aliphatic rings. The molecule has 0 fully saturated rings. The Bertz CT molecular complexity index is 327. The number of ether oxygens (including phenoxy) is 3. The van der Waals surface area contributed by atoms with Crippen LogP contribution < -0.4 is 0 Å². The number of aliphatic carboxylic acids is 1. The minimum atomic E-state index is -2.00. The van der Waals surface area contributed by atoms with Crippen LogP contribution in [0.15, 0.2) is 0 Å².